The molecule has 20 heavy (non-hydrogen) atoms. The van der Waals surface area contributed by atoms with Crippen molar-refractivity contribution in [2.24, 2.45) is 5.92 Å². The van der Waals surface area contributed by atoms with Gasteiger partial charge in [0.1, 0.15) is 0 Å². The molecule has 0 spiro atoms. The van der Waals surface area contributed by atoms with Gasteiger partial charge in [0.05, 0.1) is 24.9 Å². The van der Waals surface area contributed by atoms with Crippen molar-refractivity contribution in [2.75, 3.05) is 26.2 Å². The van der Waals surface area contributed by atoms with Crippen molar-refractivity contribution in [3.63, 3.8) is 0 Å². The van der Waals surface area contributed by atoms with Gasteiger partial charge in [-0.1, -0.05) is 30.3 Å². The maximum atomic E-state index is 10.2. The van der Waals surface area contributed by atoms with E-state index in [1.165, 1.54) is 0 Å². The van der Waals surface area contributed by atoms with Crippen LogP contribution in [0.25, 0.3) is 0 Å². The molecule has 0 amide bonds. The summed E-state index contributed by atoms with van der Waals surface area (Å²) in [4.78, 5) is 2.11. The minimum atomic E-state index is -0.484. The van der Waals surface area contributed by atoms with Crippen LogP contribution >= 0.6 is 0 Å². The molecule has 2 aliphatic rings. The zero-order chi connectivity index (χ0) is 14.0. The lowest BCUT2D eigenvalue weighted by atomic mass is 9.88. The van der Waals surface area contributed by atoms with Crippen molar-refractivity contribution >= 4 is 0 Å². The van der Waals surface area contributed by atoms with Gasteiger partial charge in [0.25, 0.3) is 0 Å². The summed E-state index contributed by atoms with van der Waals surface area (Å²) in [7, 11) is 0. The maximum Gasteiger partial charge on any atom is 0.0928 e. The number of hydrogen-bond acceptors (Lipinski definition) is 4. The maximum absolute atomic E-state index is 10.2. The van der Waals surface area contributed by atoms with Crippen molar-refractivity contribution in [1.29, 1.82) is 0 Å². The molecule has 4 heteroatoms. The number of aliphatic hydroxyl groups is 2. The fourth-order valence-corrected chi connectivity index (χ4v) is 2.97. The second kappa shape index (κ2) is 5.82. The molecule has 1 aromatic carbocycles. The molecule has 110 valence electrons. The van der Waals surface area contributed by atoms with Crippen molar-refractivity contribution in [2.45, 2.75) is 31.2 Å². The quantitative estimate of drug-likeness (QED) is 0.781. The Bertz CT molecular complexity index is 427. The Morgan fingerprint density at radius 2 is 1.95 bits per heavy atom. The van der Waals surface area contributed by atoms with Crippen molar-refractivity contribution in [3.8, 4) is 0 Å². The van der Waals surface area contributed by atoms with Gasteiger partial charge in [-0.15, -0.1) is 0 Å². The number of ether oxygens (including phenoxy) is 1. The number of β-amino-alcohol motifs (C(OH)–C–C–N with tert-alkyl or cyclic N) is 2. The third kappa shape index (κ3) is 3.38. The smallest absolute Gasteiger partial charge is 0.0928 e. The highest BCUT2D eigenvalue weighted by Gasteiger charge is 2.51. The van der Waals surface area contributed by atoms with Crippen LogP contribution in [0, 0.1) is 5.92 Å². The number of benzene rings is 1. The monoisotopic (exact) mass is 277 g/mol. The Morgan fingerprint density at radius 1 is 1.25 bits per heavy atom. The molecule has 1 aromatic rings. The molecule has 1 aliphatic carbocycles. The summed E-state index contributed by atoms with van der Waals surface area (Å²) < 4.78 is 5.52. The zero-order valence-corrected chi connectivity index (χ0v) is 11.7. The van der Waals surface area contributed by atoms with Gasteiger partial charge < -0.3 is 14.9 Å². The highest BCUT2D eigenvalue weighted by atomic mass is 16.5. The lowest BCUT2D eigenvalue weighted by Crippen LogP contribution is -2.64. The topological polar surface area (TPSA) is 52.9 Å². The van der Waals surface area contributed by atoms with E-state index in [0.29, 0.717) is 38.8 Å². The summed E-state index contributed by atoms with van der Waals surface area (Å²) in [6.07, 6.45) is 1.84. The predicted molar refractivity (Wildman–Crippen MR) is 76.2 cm³/mol. The SMILES string of the molecule is OC(COCc1ccccc1)CN1CC(O)(C2CC2)C1. The lowest BCUT2D eigenvalue weighted by Gasteiger charge is -2.47. The van der Waals surface area contributed by atoms with Gasteiger partial charge in [-0.3, -0.25) is 4.90 Å². The predicted octanol–water partition coefficient (Wildman–Crippen LogP) is 1.02. The first-order valence-electron chi connectivity index (χ1n) is 7.40. The first-order chi connectivity index (χ1) is 9.66. The number of hydrogen-bond donors (Lipinski definition) is 2. The molecular formula is C16H23NO3. The highest BCUT2D eigenvalue weighted by molar-refractivity contribution is 5.13. The van der Waals surface area contributed by atoms with E-state index in [9.17, 15) is 10.2 Å². The van der Waals surface area contributed by atoms with Crippen molar-refractivity contribution in [3.05, 3.63) is 35.9 Å². The molecule has 2 fully saturated rings. The Balaban J connectivity index is 1.31. The first kappa shape index (κ1) is 14.0. The molecule has 0 aromatic heterocycles. The van der Waals surface area contributed by atoms with Gasteiger partial charge in [-0.2, -0.15) is 0 Å². The fraction of sp³-hybridized carbons (Fsp3) is 0.625. The van der Waals surface area contributed by atoms with Crippen LogP contribution in [0.1, 0.15) is 18.4 Å². The van der Waals surface area contributed by atoms with E-state index < -0.39 is 11.7 Å². The van der Waals surface area contributed by atoms with Gasteiger partial charge in [0, 0.05) is 19.6 Å². The van der Waals surface area contributed by atoms with Crippen LogP contribution in [0.15, 0.2) is 30.3 Å². The molecule has 3 rings (SSSR count). The van der Waals surface area contributed by atoms with E-state index in [-0.39, 0.29) is 0 Å². The average molecular weight is 277 g/mol. The third-order valence-corrected chi connectivity index (χ3v) is 4.22. The molecule has 1 saturated carbocycles. The third-order valence-electron chi connectivity index (χ3n) is 4.22. The van der Waals surface area contributed by atoms with Crippen LogP contribution < -0.4 is 0 Å². The van der Waals surface area contributed by atoms with Gasteiger partial charge in [0.15, 0.2) is 0 Å². The van der Waals surface area contributed by atoms with E-state index in [2.05, 4.69) is 4.90 Å². The number of likely N-dealkylation sites (tertiary alicyclic amines) is 1. The minimum absolute atomic E-state index is 0.341. The van der Waals surface area contributed by atoms with Crippen LogP contribution in [0.5, 0.6) is 0 Å². The van der Waals surface area contributed by atoms with E-state index in [1.54, 1.807) is 0 Å². The summed E-state index contributed by atoms with van der Waals surface area (Å²) in [6, 6.07) is 9.96. The molecule has 2 N–H and O–H groups in total. The second-order valence-electron chi connectivity index (χ2n) is 6.20. The molecule has 1 atom stereocenters. The van der Waals surface area contributed by atoms with Crippen molar-refractivity contribution in [1.82, 2.24) is 4.90 Å². The molecule has 1 aliphatic heterocycles. The molecule has 1 unspecified atom stereocenters. The van der Waals surface area contributed by atoms with Crippen molar-refractivity contribution < 1.29 is 14.9 Å². The van der Waals surface area contributed by atoms with E-state index >= 15 is 0 Å². The van der Waals surface area contributed by atoms with E-state index in [4.69, 9.17) is 4.74 Å². The van der Waals surface area contributed by atoms with Crippen LogP contribution in [0.2, 0.25) is 0 Å². The molecule has 4 nitrogen and oxygen atoms in total. The molecular weight excluding hydrogens is 254 g/mol. The van der Waals surface area contributed by atoms with Crippen LogP contribution in [-0.2, 0) is 11.3 Å². The lowest BCUT2D eigenvalue weighted by molar-refractivity contribution is -0.127. The number of rotatable bonds is 7. The van der Waals surface area contributed by atoms with Crippen LogP contribution in [-0.4, -0.2) is 53.1 Å². The summed E-state index contributed by atoms with van der Waals surface area (Å²) in [5.74, 6) is 0.505. The molecule has 1 saturated heterocycles. The van der Waals surface area contributed by atoms with Gasteiger partial charge in [-0.05, 0) is 24.3 Å². The minimum Gasteiger partial charge on any atom is -0.389 e. The first-order valence-corrected chi connectivity index (χ1v) is 7.40. The zero-order valence-electron chi connectivity index (χ0n) is 11.7. The summed E-state index contributed by atoms with van der Waals surface area (Å²) in [5, 5.41) is 20.1. The van der Waals surface area contributed by atoms with E-state index in [0.717, 1.165) is 18.4 Å². The second-order valence-corrected chi connectivity index (χ2v) is 6.20. The number of nitrogens with zero attached hydrogens (tertiary/aromatic N) is 1. The Labute approximate surface area is 120 Å². The molecule has 0 radical (unpaired) electrons. The summed E-state index contributed by atoms with van der Waals surface area (Å²) in [6.45, 7) is 2.86. The summed E-state index contributed by atoms with van der Waals surface area (Å²) in [5.41, 5.74) is 0.650. The standard InChI is InChI=1S/C16H23NO3/c18-15(10-20-9-13-4-2-1-3-5-13)8-17-11-16(19,12-17)14-6-7-14/h1-5,14-15,18-19H,6-12H2. The van der Waals surface area contributed by atoms with Gasteiger partial charge in [0.2, 0.25) is 0 Å². The highest BCUT2D eigenvalue weighted by Crippen LogP contribution is 2.44. The van der Waals surface area contributed by atoms with Crippen LogP contribution in [0.4, 0.5) is 0 Å². The van der Waals surface area contributed by atoms with Gasteiger partial charge in [-0.25, -0.2) is 0 Å². The Morgan fingerprint density at radius 3 is 2.60 bits per heavy atom. The van der Waals surface area contributed by atoms with Gasteiger partial charge >= 0.3 is 0 Å². The van der Waals surface area contributed by atoms with E-state index in [1.807, 2.05) is 30.3 Å². The number of aliphatic hydroxyl groups excluding tert-OH is 1. The summed E-state index contributed by atoms with van der Waals surface area (Å²) >= 11 is 0. The normalized spacial score (nSPS) is 23.3. The molecule has 1 heterocycles. The fourth-order valence-electron chi connectivity index (χ4n) is 2.97. The van der Waals surface area contributed by atoms with Crippen LogP contribution in [0.3, 0.4) is 0 Å². The Kier molecular flexibility index (Phi) is 4.08. The largest absolute Gasteiger partial charge is 0.389 e. The Hall–Kier alpha value is -0.940. The average Bonchev–Trinajstić information content (AvgIpc) is 3.22. The molecule has 0 bridgehead atoms.